The monoisotopic (exact) mass is 416 g/mol. The number of carbonyl (C=O) groups excluding carboxylic acids is 2. The average Bonchev–Trinajstić information content (AvgIpc) is 3.16. The minimum Gasteiger partial charge on any atom is -0.318 e. The Balaban J connectivity index is 1.56. The molecule has 4 rings (SSSR count). The summed E-state index contributed by atoms with van der Waals surface area (Å²) in [6.45, 7) is 6.56. The number of aryl methyl sites for hydroxylation is 2. The highest BCUT2D eigenvalue weighted by atomic mass is 32.2. The van der Waals surface area contributed by atoms with Crippen LogP contribution in [0.4, 0.5) is 4.79 Å². The van der Waals surface area contributed by atoms with Gasteiger partial charge >= 0.3 is 0 Å². The van der Waals surface area contributed by atoms with Crippen molar-refractivity contribution in [3.63, 3.8) is 0 Å². The Hall–Kier alpha value is -3.05. The molecule has 30 heavy (non-hydrogen) atoms. The predicted octanol–water partition coefficient (Wildman–Crippen LogP) is 5.68. The number of hydrogen-bond donors (Lipinski definition) is 0. The summed E-state index contributed by atoms with van der Waals surface area (Å²) in [6.07, 6.45) is 2.51. The number of nitrogens with zero attached hydrogens (tertiary/aromatic N) is 2. The van der Waals surface area contributed by atoms with E-state index in [2.05, 4.69) is 48.7 Å². The summed E-state index contributed by atoms with van der Waals surface area (Å²) in [6, 6.07) is 20.3. The minimum absolute atomic E-state index is 0.200. The molecule has 1 aromatic heterocycles. The van der Waals surface area contributed by atoms with Gasteiger partial charge in [0.2, 0.25) is 0 Å². The van der Waals surface area contributed by atoms with Gasteiger partial charge in [-0.15, -0.1) is 0 Å². The van der Waals surface area contributed by atoms with Crippen LogP contribution in [0.5, 0.6) is 0 Å². The molecule has 0 N–H and O–H groups in total. The SMILES string of the molecule is Cc1ccc(-n2c(C)cc(/C=C3\SC(=O)N(CCc4ccccc4)C3=O)c2C)cc1. The number of rotatable bonds is 5. The highest BCUT2D eigenvalue weighted by Gasteiger charge is 2.34. The van der Waals surface area contributed by atoms with Crippen molar-refractivity contribution >= 4 is 29.0 Å². The highest BCUT2D eigenvalue weighted by molar-refractivity contribution is 8.18. The maximum absolute atomic E-state index is 12.9. The molecule has 0 radical (unpaired) electrons. The van der Waals surface area contributed by atoms with Crippen LogP contribution in [-0.4, -0.2) is 27.2 Å². The molecule has 5 heteroatoms. The lowest BCUT2D eigenvalue weighted by Gasteiger charge is -2.12. The second kappa shape index (κ2) is 8.36. The van der Waals surface area contributed by atoms with Crippen molar-refractivity contribution in [2.45, 2.75) is 27.2 Å². The molecule has 2 aromatic carbocycles. The molecule has 0 bridgehead atoms. The summed E-state index contributed by atoms with van der Waals surface area (Å²) in [5, 5.41) is -0.200. The Bertz CT molecular complexity index is 1130. The molecule has 0 unspecified atom stereocenters. The third kappa shape index (κ3) is 3.98. The first-order valence-corrected chi connectivity index (χ1v) is 10.8. The number of benzene rings is 2. The van der Waals surface area contributed by atoms with Crippen molar-refractivity contribution < 1.29 is 9.59 Å². The summed E-state index contributed by atoms with van der Waals surface area (Å²) < 4.78 is 2.17. The standard InChI is InChI=1S/C25H24N2O2S/c1-17-9-11-22(12-10-17)27-18(2)15-21(19(27)3)16-23-24(28)26(25(29)30-23)14-13-20-7-5-4-6-8-20/h4-12,15-16H,13-14H2,1-3H3/b23-16-. The Labute approximate surface area is 181 Å². The van der Waals surface area contributed by atoms with Gasteiger partial charge < -0.3 is 4.57 Å². The topological polar surface area (TPSA) is 42.3 Å². The van der Waals surface area contributed by atoms with Crippen LogP contribution in [0.15, 0.2) is 65.6 Å². The zero-order valence-electron chi connectivity index (χ0n) is 17.4. The van der Waals surface area contributed by atoms with Gasteiger partial charge in [-0.25, -0.2) is 0 Å². The van der Waals surface area contributed by atoms with Crippen LogP contribution in [0.3, 0.4) is 0 Å². The van der Waals surface area contributed by atoms with Crippen LogP contribution >= 0.6 is 11.8 Å². The van der Waals surface area contributed by atoms with Gasteiger partial charge in [0.25, 0.3) is 11.1 Å². The van der Waals surface area contributed by atoms with E-state index < -0.39 is 0 Å². The highest BCUT2D eigenvalue weighted by Crippen LogP contribution is 2.34. The van der Waals surface area contributed by atoms with Gasteiger partial charge in [0.15, 0.2) is 0 Å². The van der Waals surface area contributed by atoms with Gasteiger partial charge in [0.1, 0.15) is 0 Å². The molecular formula is C25H24N2O2S. The van der Waals surface area contributed by atoms with E-state index in [9.17, 15) is 9.59 Å². The lowest BCUT2D eigenvalue weighted by atomic mass is 10.1. The van der Waals surface area contributed by atoms with Crippen molar-refractivity contribution in [1.82, 2.24) is 9.47 Å². The molecular weight excluding hydrogens is 392 g/mol. The summed E-state index contributed by atoms with van der Waals surface area (Å²) in [7, 11) is 0. The Morgan fingerprint density at radius 3 is 2.33 bits per heavy atom. The molecule has 2 heterocycles. The van der Waals surface area contributed by atoms with Gasteiger partial charge in [-0.3, -0.25) is 14.5 Å². The van der Waals surface area contributed by atoms with E-state index in [-0.39, 0.29) is 11.1 Å². The van der Waals surface area contributed by atoms with E-state index >= 15 is 0 Å². The second-order valence-electron chi connectivity index (χ2n) is 7.57. The molecule has 0 spiro atoms. The van der Waals surface area contributed by atoms with Crippen molar-refractivity contribution in [2.75, 3.05) is 6.54 Å². The summed E-state index contributed by atoms with van der Waals surface area (Å²) >= 11 is 1.02. The number of thioether (sulfide) groups is 1. The maximum Gasteiger partial charge on any atom is 0.293 e. The van der Waals surface area contributed by atoms with Gasteiger partial charge in [0.05, 0.1) is 4.91 Å². The van der Waals surface area contributed by atoms with Crippen LogP contribution in [-0.2, 0) is 11.2 Å². The minimum atomic E-state index is -0.207. The fourth-order valence-corrected chi connectivity index (χ4v) is 4.60. The van der Waals surface area contributed by atoms with Crippen molar-refractivity contribution in [1.29, 1.82) is 0 Å². The zero-order chi connectivity index (χ0) is 21.3. The Kier molecular flexibility index (Phi) is 5.64. The molecule has 0 saturated carbocycles. The van der Waals surface area contributed by atoms with Crippen molar-refractivity contribution in [3.05, 3.63) is 93.6 Å². The molecule has 2 amide bonds. The van der Waals surface area contributed by atoms with Gasteiger partial charge in [-0.2, -0.15) is 0 Å². The number of imide groups is 1. The molecule has 1 aliphatic heterocycles. The molecule has 1 aliphatic rings. The van der Waals surface area contributed by atoms with Crippen molar-refractivity contribution in [2.24, 2.45) is 0 Å². The fourth-order valence-electron chi connectivity index (χ4n) is 3.74. The normalized spacial score (nSPS) is 15.4. The van der Waals surface area contributed by atoms with Crippen LogP contribution in [0.2, 0.25) is 0 Å². The van der Waals surface area contributed by atoms with E-state index in [0.29, 0.717) is 17.9 Å². The number of aromatic nitrogens is 1. The Morgan fingerprint density at radius 2 is 1.63 bits per heavy atom. The lowest BCUT2D eigenvalue weighted by Crippen LogP contribution is -2.30. The van der Waals surface area contributed by atoms with E-state index in [1.54, 1.807) is 0 Å². The van der Waals surface area contributed by atoms with E-state index in [1.807, 2.05) is 43.3 Å². The average molecular weight is 417 g/mol. The molecule has 0 aliphatic carbocycles. The molecule has 4 nitrogen and oxygen atoms in total. The molecule has 0 atom stereocenters. The first kappa shape index (κ1) is 20.2. The number of hydrogen-bond acceptors (Lipinski definition) is 3. The van der Waals surface area contributed by atoms with Crippen LogP contribution in [0, 0.1) is 20.8 Å². The quantitative estimate of drug-likeness (QED) is 0.503. The van der Waals surface area contributed by atoms with Crippen LogP contribution in [0.25, 0.3) is 11.8 Å². The van der Waals surface area contributed by atoms with Crippen LogP contribution in [0.1, 0.15) is 28.1 Å². The lowest BCUT2D eigenvalue weighted by molar-refractivity contribution is -0.122. The predicted molar refractivity (Wildman–Crippen MR) is 123 cm³/mol. The maximum atomic E-state index is 12.9. The third-order valence-corrected chi connectivity index (χ3v) is 6.30. The Morgan fingerprint density at radius 1 is 0.933 bits per heavy atom. The first-order valence-electron chi connectivity index (χ1n) is 9.99. The number of carbonyl (C=O) groups is 2. The molecule has 1 saturated heterocycles. The first-order chi connectivity index (χ1) is 14.4. The molecule has 1 fully saturated rings. The summed E-state index contributed by atoms with van der Waals surface area (Å²) in [5.74, 6) is -0.207. The van der Waals surface area contributed by atoms with Crippen LogP contribution < -0.4 is 0 Å². The number of amides is 2. The van der Waals surface area contributed by atoms with Crippen molar-refractivity contribution in [3.8, 4) is 5.69 Å². The smallest absolute Gasteiger partial charge is 0.293 e. The van der Waals surface area contributed by atoms with Gasteiger partial charge in [0, 0.05) is 23.6 Å². The van der Waals surface area contributed by atoms with E-state index in [4.69, 9.17) is 0 Å². The largest absolute Gasteiger partial charge is 0.318 e. The summed E-state index contributed by atoms with van der Waals surface area (Å²) in [5.41, 5.74) is 6.51. The third-order valence-electron chi connectivity index (χ3n) is 5.39. The molecule has 3 aromatic rings. The van der Waals surface area contributed by atoms with Gasteiger partial charge in [-0.1, -0.05) is 48.0 Å². The summed E-state index contributed by atoms with van der Waals surface area (Å²) in [4.78, 5) is 27.1. The van der Waals surface area contributed by atoms with Gasteiger partial charge in [-0.05, 0) is 74.4 Å². The van der Waals surface area contributed by atoms with E-state index in [1.165, 1.54) is 10.5 Å². The fraction of sp³-hybridized carbons (Fsp3) is 0.200. The zero-order valence-corrected chi connectivity index (χ0v) is 18.2. The van der Waals surface area contributed by atoms with E-state index in [0.717, 1.165) is 40.0 Å². The second-order valence-corrected chi connectivity index (χ2v) is 8.56. The molecule has 152 valence electrons.